The van der Waals surface area contributed by atoms with Gasteiger partial charge in [0.2, 0.25) is 5.91 Å². The highest BCUT2D eigenvalue weighted by atomic mass is 16.5. The third-order valence-corrected chi connectivity index (χ3v) is 2.99. The predicted molar refractivity (Wildman–Crippen MR) is 80.6 cm³/mol. The SMILES string of the molecule is CCCCNC(CC(=O)Nc1ccccc1OC)C(=O)O. The van der Waals surface area contributed by atoms with Gasteiger partial charge >= 0.3 is 5.97 Å². The van der Waals surface area contributed by atoms with Gasteiger partial charge in [-0.25, -0.2) is 0 Å². The molecule has 0 aliphatic rings. The Morgan fingerprint density at radius 2 is 2.05 bits per heavy atom. The zero-order valence-corrected chi connectivity index (χ0v) is 12.4. The molecular formula is C15H22N2O4. The van der Waals surface area contributed by atoms with Crippen molar-refractivity contribution in [3.8, 4) is 5.75 Å². The Morgan fingerprint density at radius 3 is 2.67 bits per heavy atom. The van der Waals surface area contributed by atoms with Gasteiger partial charge < -0.3 is 20.5 Å². The van der Waals surface area contributed by atoms with Crippen LogP contribution in [0.2, 0.25) is 0 Å². The van der Waals surface area contributed by atoms with Gasteiger partial charge in [0.1, 0.15) is 11.8 Å². The van der Waals surface area contributed by atoms with E-state index < -0.39 is 12.0 Å². The number of amides is 1. The van der Waals surface area contributed by atoms with Crippen LogP contribution in [-0.2, 0) is 9.59 Å². The number of unbranched alkanes of at least 4 members (excludes halogenated alkanes) is 1. The van der Waals surface area contributed by atoms with Crippen molar-refractivity contribution in [3.63, 3.8) is 0 Å². The van der Waals surface area contributed by atoms with Gasteiger partial charge in [-0.3, -0.25) is 9.59 Å². The van der Waals surface area contributed by atoms with Crippen molar-refractivity contribution in [1.29, 1.82) is 0 Å². The van der Waals surface area contributed by atoms with E-state index >= 15 is 0 Å². The van der Waals surface area contributed by atoms with Gasteiger partial charge in [-0.05, 0) is 25.1 Å². The van der Waals surface area contributed by atoms with Crippen LogP contribution >= 0.6 is 0 Å². The van der Waals surface area contributed by atoms with E-state index in [0.29, 0.717) is 18.0 Å². The minimum Gasteiger partial charge on any atom is -0.495 e. The lowest BCUT2D eigenvalue weighted by Crippen LogP contribution is -2.40. The van der Waals surface area contributed by atoms with Crippen LogP contribution in [0.5, 0.6) is 5.75 Å². The molecule has 1 rings (SSSR count). The monoisotopic (exact) mass is 294 g/mol. The van der Waals surface area contributed by atoms with Gasteiger partial charge in [0.05, 0.1) is 19.2 Å². The van der Waals surface area contributed by atoms with Crippen molar-refractivity contribution in [2.24, 2.45) is 0 Å². The number of hydrogen-bond acceptors (Lipinski definition) is 4. The highest BCUT2D eigenvalue weighted by Crippen LogP contribution is 2.23. The molecule has 6 nitrogen and oxygen atoms in total. The Labute approximate surface area is 124 Å². The molecule has 1 atom stereocenters. The first kappa shape index (κ1) is 17.0. The molecule has 0 radical (unpaired) electrons. The lowest BCUT2D eigenvalue weighted by atomic mass is 10.2. The maximum absolute atomic E-state index is 12.0. The predicted octanol–water partition coefficient (Wildman–Crippen LogP) is 1.87. The molecule has 116 valence electrons. The molecule has 0 saturated heterocycles. The first-order valence-corrected chi connectivity index (χ1v) is 6.97. The lowest BCUT2D eigenvalue weighted by Gasteiger charge is -2.15. The number of nitrogens with one attached hydrogen (secondary N) is 2. The number of carbonyl (C=O) groups is 2. The van der Waals surface area contributed by atoms with Crippen molar-refractivity contribution >= 4 is 17.6 Å². The number of para-hydroxylation sites is 2. The number of ether oxygens (including phenoxy) is 1. The number of aliphatic carboxylic acids is 1. The maximum Gasteiger partial charge on any atom is 0.321 e. The quantitative estimate of drug-likeness (QED) is 0.605. The van der Waals surface area contributed by atoms with Crippen LogP contribution < -0.4 is 15.4 Å². The zero-order valence-electron chi connectivity index (χ0n) is 12.4. The van der Waals surface area contributed by atoms with Crippen LogP contribution in [0.25, 0.3) is 0 Å². The summed E-state index contributed by atoms with van der Waals surface area (Å²) in [6, 6.07) is 6.11. The molecule has 0 saturated carbocycles. The van der Waals surface area contributed by atoms with Crippen molar-refractivity contribution < 1.29 is 19.4 Å². The summed E-state index contributed by atoms with van der Waals surface area (Å²) in [5.74, 6) is -0.853. The minimum absolute atomic E-state index is 0.128. The largest absolute Gasteiger partial charge is 0.495 e. The zero-order chi connectivity index (χ0) is 15.7. The van der Waals surface area contributed by atoms with Crippen molar-refractivity contribution in [1.82, 2.24) is 5.32 Å². The smallest absolute Gasteiger partial charge is 0.321 e. The van der Waals surface area contributed by atoms with Crippen LogP contribution in [0.3, 0.4) is 0 Å². The third kappa shape index (κ3) is 5.83. The van der Waals surface area contributed by atoms with Crippen LogP contribution in [0.1, 0.15) is 26.2 Å². The van der Waals surface area contributed by atoms with E-state index in [1.807, 2.05) is 6.92 Å². The van der Waals surface area contributed by atoms with Crippen LogP contribution in [0.4, 0.5) is 5.69 Å². The van der Waals surface area contributed by atoms with Crippen LogP contribution in [-0.4, -0.2) is 36.7 Å². The second kappa shape index (κ2) is 8.97. The van der Waals surface area contributed by atoms with Gasteiger partial charge in [0.15, 0.2) is 0 Å². The number of carbonyl (C=O) groups excluding carboxylic acids is 1. The minimum atomic E-state index is -1.03. The Kier molecular flexibility index (Phi) is 7.25. The number of benzene rings is 1. The highest BCUT2D eigenvalue weighted by Gasteiger charge is 2.20. The van der Waals surface area contributed by atoms with Crippen molar-refractivity contribution in [2.75, 3.05) is 19.0 Å². The normalized spacial score (nSPS) is 11.7. The Bertz CT molecular complexity index is 476. The molecule has 0 aliphatic carbocycles. The number of methoxy groups -OCH3 is 1. The van der Waals surface area contributed by atoms with E-state index in [1.165, 1.54) is 7.11 Å². The van der Waals surface area contributed by atoms with E-state index in [4.69, 9.17) is 9.84 Å². The number of anilines is 1. The van der Waals surface area contributed by atoms with E-state index in [2.05, 4.69) is 10.6 Å². The number of carboxylic acids is 1. The standard InChI is InChI=1S/C15H22N2O4/c1-3-4-9-16-12(15(19)20)10-14(18)17-11-7-5-6-8-13(11)21-2/h5-8,12,16H,3-4,9-10H2,1-2H3,(H,17,18)(H,19,20). The van der Waals surface area contributed by atoms with Gasteiger partial charge in [-0.15, -0.1) is 0 Å². The van der Waals surface area contributed by atoms with E-state index in [0.717, 1.165) is 12.8 Å². The first-order chi connectivity index (χ1) is 10.1. The lowest BCUT2D eigenvalue weighted by molar-refractivity contribution is -0.141. The molecule has 6 heteroatoms. The fourth-order valence-corrected chi connectivity index (χ4v) is 1.83. The second-order valence-electron chi connectivity index (χ2n) is 4.65. The summed E-state index contributed by atoms with van der Waals surface area (Å²) in [5.41, 5.74) is 0.530. The Hall–Kier alpha value is -2.08. The molecular weight excluding hydrogens is 272 g/mol. The van der Waals surface area contributed by atoms with E-state index in [-0.39, 0.29) is 12.3 Å². The average molecular weight is 294 g/mol. The second-order valence-corrected chi connectivity index (χ2v) is 4.65. The summed E-state index contributed by atoms with van der Waals surface area (Å²) in [6.07, 6.45) is 1.71. The molecule has 0 heterocycles. The summed E-state index contributed by atoms with van der Waals surface area (Å²) < 4.78 is 5.13. The number of hydrogen-bond donors (Lipinski definition) is 3. The van der Waals surface area contributed by atoms with Crippen molar-refractivity contribution in [2.45, 2.75) is 32.2 Å². The topological polar surface area (TPSA) is 87.7 Å². The number of rotatable bonds is 9. The molecule has 0 bridgehead atoms. The van der Waals surface area contributed by atoms with E-state index in [9.17, 15) is 9.59 Å². The molecule has 1 aromatic rings. The van der Waals surface area contributed by atoms with Gasteiger partial charge in [0, 0.05) is 0 Å². The summed E-state index contributed by atoms with van der Waals surface area (Å²) >= 11 is 0. The summed E-state index contributed by atoms with van der Waals surface area (Å²) in [5, 5.41) is 14.7. The average Bonchev–Trinajstić information content (AvgIpc) is 2.46. The maximum atomic E-state index is 12.0. The molecule has 0 aliphatic heterocycles. The molecule has 1 amide bonds. The molecule has 3 N–H and O–H groups in total. The summed E-state index contributed by atoms with van der Waals surface area (Å²) in [4.78, 5) is 23.1. The third-order valence-electron chi connectivity index (χ3n) is 2.99. The summed E-state index contributed by atoms with van der Waals surface area (Å²) in [7, 11) is 1.51. The molecule has 1 unspecified atom stereocenters. The summed E-state index contributed by atoms with van der Waals surface area (Å²) in [6.45, 7) is 2.60. The molecule has 0 aromatic heterocycles. The fraction of sp³-hybridized carbons (Fsp3) is 0.467. The van der Waals surface area contributed by atoms with Gasteiger partial charge in [-0.2, -0.15) is 0 Å². The van der Waals surface area contributed by atoms with Crippen LogP contribution in [0.15, 0.2) is 24.3 Å². The van der Waals surface area contributed by atoms with Gasteiger partial charge in [-0.1, -0.05) is 25.5 Å². The number of carboxylic acid groups (broad SMARTS) is 1. The molecule has 0 spiro atoms. The first-order valence-electron chi connectivity index (χ1n) is 6.97. The van der Waals surface area contributed by atoms with E-state index in [1.54, 1.807) is 24.3 Å². The van der Waals surface area contributed by atoms with Gasteiger partial charge in [0.25, 0.3) is 0 Å². The molecule has 21 heavy (non-hydrogen) atoms. The van der Waals surface area contributed by atoms with Crippen LogP contribution in [0, 0.1) is 0 Å². The Balaban J connectivity index is 2.59. The van der Waals surface area contributed by atoms with Crippen molar-refractivity contribution in [3.05, 3.63) is 24.3 Å². The Morgan fingerprint density at radius 1 is 1.33 bits per heavy atom. The highest BCUT2D eigenvalue weighted by molar-refractivity contribution is 5.95. The fourth-order valence-electron chi connectivity index (χ4n) is 1.83. The molecule has 1 aromatic carbocycles. The molecule has 0 fully saturated rings.